The van der Waals surface area contributed by atoms with Gasteiger partial charge in [0.25, 0.3) is 0 Å². The maximum absolute atomic E-state index is 12.5. The number of rotatable bonds is 17. The van der Waals surface area contributed by atoms with Gasteiger partial charge in [0.05, 0.1) is 65.3 Å². The van der Waals surface area contributed by atoms with Gasteiger partial charge in [-0.05, 0) is 62.3 Å². The van der Waals surface area contributed by atoms with Crippen LogP contribution in [-0.4, -0.2) is 85.8 Å². The molecule has 0 bridgehead atoms. The Balaban J connectivity index is 5.40. The maximum Gasteiger partial charge on any atom is 0.308 e. The number of esters is 3. The minimum Gasteiger partial charge on any atom is -0.460 e. The maximum atomic E-state index is 12.5. The highest BCUT2D eigenvalue weighted by molar-refractivity contribution is 5.79. The molecule has 1 N–H and O–H groups in total. The summed E-state index contributed by atoms with van der Waals surface area (Å²) >= 11 is 0. The molecule has 0 unspecified atom stereocenters. The molecule has 0 aromatic heterocycles. The van der Waals surface area contributed by atoms with Crippen LogP contribution in [-0.2, 0) is 47.6 Å². The molecule has 230 valence electrons. The third-order valence-corrected chi connectivity index (χ3v) is 4.41. The van der Waals surface area contributed by atoms with Gasteiger partial charge >= 0.3 is 17.9 Å². The summed E-state index contributed by atoms with van der Waals surface area (Å²) < 4.78 is 33.1. The van der Waals surface area contributed by atoms with Crippen LogP contribution in [0.5, 0.6) is 0 Å². The van der Waals surface area contributed by atoms with E-state index < -0.39 is 46.2 Å². The number of terminal acetylenes is 1. The van der Waals surface area contributed by atoms with Gasteiger partial charge in [-0.2, -0.15) is 0 Å². The number of hydrogen-bond acceptors (Lipinski definition) is 10. The van der Waals surface area contributed by atoms with Crippen molar-refractivity contribution in [1.29, 1.82) is 0 Å². The number of ether oxygens (including phenoxy) is 6. The van der Waals surface area contributed by atoms with E-state index in [4.69, 9.17) is 34.8 Å². The Morgan fingerprint density at radius 2 is 0.900 bits per heavy atom. The van der Waals surface area contributed by atoms with E-state index in [1.54, 1.807) is 62.3 Å². The fraction of sp³-hybridized carbons (Fsp3) is 0.793. The van der Waals surface area contributed by atoms with Crippen molar-refractivity contribution in [3.05, 3.63) is 0 Å². The number of carbonyl (C=O) groups is 4. The number of nitrogens with one attached hydrogen (secondary N) is 1. The Morgan fingerprint density at radius 3 is 1.15 bits per heavy atom. The van der Waals surface area contributed by atoms with E-state index in [2.05, 4.69) is 11.2 Å². The van der Waals surface area contributed by atoms with Gasteiger partial charge in [0.1, 0.15) is 22.3 Å². The lowest BCUT2D eigenvalue weighted by atomic mass is 10.0. The zero-order valence-electron chi connectivity index (χ0n) is 25.7. The predicted octanol–water partition coefficient (Wildman–Crippen LogP) is 3.11. The standard InChI is InChI=1S/C29H49NO10/c1-11-12-22(31)30-29(19-35-16-13-23(32)38-26(2,3)4,20-36-17-14-24(33)39-27(5,6)7)21-37-18-15-25(34)40-28(8,9)10/h1H,12-21H2,2-10H3,(H,30,31). The quantitative estimate of drug-likeness (QED) is 0.120. The molecule has 0 aliphatic rings. The molecular weight excluding hydrogens is 522 g/mol. The normalized spacial score (nSPS) is 12.3. The van der Waals surface area contributed by atoms with Gasteiger partial charge in [-0.25, -0.2) is 0 Å². The lowest BCUT2D eigenvalue weighted by Crippen LogP contribution is -2.58. The van der Waals surface area contributed by atoms with Crippen molar-refractivity contribution in [2.75, 3.05) is 39.6 Å². The Bertz CT molecular complexity index is 768. The highest BCUT2D eigenvalue weighted by Gasteiger charge is 2.34. The molecular formula is C29H49NO10. The van der Waals surface area contributed by atoms with Gasteiger partial charge < -0.3 is 33.7 Å². The summed E-state index contributed by atoms with van der Waals surface area (Å²) in [6, 6.07) is 0. The first-order chi connectivity index (χ1) is 18.3. The van der Waals surface area contributed by atoms with Crippen LogP contribution in [0.2, 0.25) is 0 Å². The molecule has 0 fully saturated rings. The van der Waals surface area contributed by atoms with Crippen LogP contribution in [0.1, 0.15) is 88.0 Å². The average Bonchev–Trinajstić information content (AvgIpc) is 2.74. The molecule has 0 aliphatic carbocycles. The van der Waals surface area contributed by atoms with Gasteiger partial charge in [-0.3, -0.25) is 19.2 Å². The molecule has 11 nitrogen and oxygen atoms in total. The van der Waals surface area contributed by atoms with E-state index >= 15 is 0 Å². The zero-order chi connectivity index (χ0) is 31.0. The molecule has 40 heavy (non-hydrogen) atoms. The molecule has 0 atom stereocenters. The Hall–Kier alpha value is -2.68. The van der Waals surface area contributed by atoms with E-state index in [0.29, 0.717) is 0 Å². The van der Waals surface area contributed by atoms with E-state index in [1.165, 1.54) is 0 Å². The largest absolute Gasteiger partial charge is 0.460 e. The van der Waals surface area contributed by atoms with Crippen LogP contribution >= 0.6 is 0 Å². The zero-order valence-corrected chi connectivity index (χ0v) is 25.7. The van der Waals surface area contributed by atoms with E-state index in [0.717, 1.165) is 0 Å². The van der Waals surface area contributed by atoms with Gasteiger partial charge in [0.2, 0.25) is 5.91 Å². The second-order valence-electron chi connectivity index (χ2n) is 12.4. The minimum atomic E-state index is -1.23. The molecule has 11 heteroatoms. The van der Waals surface area contributed by atoms with Crippen molar-refractivity contribution < 1.29 is 47.6 Å². The van der Waals surface area contributed by atoms with Gasteiger partial charge in [0.15, 0.2) is 0 Å². The summed E-state index contributed by atoms with van der Waals surface area (Å²) in [5, 5.41) is 2.81. The van der Waals surface area contributed by atoms with Crippen molar-refractivity contribution >= 4 is 23.8 Å². The molecule has 0 heterocycles. The summed E-state index contributed by atoms with van der Waals surface area (Å²) in [5.74, 6) is 0.515. The third kappa shape index (κ3) is 21.2. The van der Waals surface area contributed by atoms with E-state index in [-0.39, 0.29) is 65.3 Å². The monoisotopic (exact) mass is 571 g/mol. The molecule has 0 spiro atoms. The lowest BCUT2D eigenvalue weighted by molar-refractivity contribution is -0.157. The molecule has 0 saturated heterocycles. The molecule has 0 aliphatic heterocycles. The van der Waals surface area contributed by atoms with Gasteiger partial charge in [-0.15, -0.1) is 6.42 Å². The van der Waals surface area contributed by atoms with Gasteiger partial charge in [0, 0.05) is 0 Å². The van der Waals surface area contributed by atoms with E-state index in [9.17, 15) is 19.2 Å². The number of hydrogen-bond donors (Lipinski definition) is 1. The summed E-state index contributed by atoms with van der Waals surface area (Å²) in [6.07, 6.45) is 5.08. The summed E-state index contributed by atoms with van der Waals surface area (Å²) in [4.78, 5) is 48.7. The van der Waals surface area contributed by atoms with Crippen molar-refractivity contribution in [2.24, 2.45) is 0 Å². The Labute approximate surface area is 239 Å². The predicted molar refractivity (Wildman–Crippen MR) is 148 cm³/mol. The van der Waals surface area contributed by atoms with Crippen LogP contribution in [0.3, 0.4) is 0 Å². The Morgan fingerprint density at radius 1 is 0.600 bits per heavy atom. The average molecular weight is 572 g/mol. The highest BCUT2D eigenvalue weighted by Crippen LogP contribution is 2.14. The molecule has 1 amide bonds. The first-order valence-corrected chi connectivity index (χ1v) is 13.4. The van der Waals surface area contributed by atoms with Crippen LogP contribution in [0.25, 0.3) is 0 Å². The number of amides is 1. The SMILES string of the molecule is C#CCC(=O)NC(COCCC(=O)OC(C)(C)C)(COCCC(=O)OC(C)(C)C)COCCC(=O)OC(C)(C)C. The molecule has 0 saturated carbocycles. The fourth-order valence-electron chi connectivity index (χ4n) is 3.11. The number of carbonyl (C=O) groups excluding carboxylic acids is 4. The first kappa shape index (κ1) is 37.3. The second-order valence-corrected chi connectivity index (χ2v) is 12.4. The molecule has 0 aromatic rings. The minimum absolute atomic E-state index is 0.00927. The highest BCUT2D eigenvalue weighted by atomic mass is 16.6. The molecule has 0 rings (SSSR count). The van der Waals surface area contributed by atoms with Crippen LogP contribution < -0.4 is 5.32 Å². The van der Waals surface area contributed by atoms with Crippen molar-refractivity contribution in [2.45, 2.75) is 110 Å². The second kappa shape index (κ2) is 17.2. The van der Waals surface area contributed by atoms with Gasteiger partial charge in [-0.1, -0.05) is 5.92 Å². The van der Waals surface area contributed by atoms with Crippen molar-refractivity contribution in [1.82, 2.24) is 5.32 Å². The van der Waals surface area contributed by atoms with Crippen molar-refractivity contribution in [3.63, 3.8) is 0 Å². The van der Waals surface area contributed by atoms with Crippen LogP contribution in [0, 0.1) is 12.3 Å². The first-order valence-electron chi connectivity index (χ1n) is 13.4. The Kier molecular flexibility index (Phi) is 16.1. The lowest BCUT2D eigenvalue weighted by Gasteiger charge is -2.34. The molecule has 0 radical (unpaired) electrons. The van der Waals surface area contributed by atoms with Crippen LogP contribution in [0.4, 0.5) is 0 Å². The summed E-state index contributed by atoms with van der Waals surface area (Å²) in [5.41, 5.74) is -3.13. The fourth-order valence-corrected chi connectivity index (χ4v) is 3.11. The third-order valence-electron chi connectivity index (χ3n) is 4.41. The smallest absolute Gasteiger partial charge is 0.308 e. The summed E-state index contributed by atoms with van der Waals surface area (Å²) in [7, 11) is 0. The summed E-state index contributed by atoms with van der Waals surface area (Å²) in [6.45, 7) is 15.6. The van der Waals surface area contributed by atoms with E-state index in [1.807, 2.05) is 0 Å². The van der Waals surface area contributed by atoms with Crippen LogP contribution in [0.15, 0.2) is 0 Å². The topological polar surface area (TPSA) is 136 Å². The molecule has 0 aromatic carbocycles. The van der Waals surface area contributed by atoms with Crippen molar-refractivity contribution in [3.8, 4) is 12.3 Å².